The number of hydrogen-bond acceptors (Lipinski definition) is 1. The summed E-state index contributed by atoms with van der Waals surface area (Å²) in [4.78, 5) is 0. The van der Waals surface area contributed by atoms with Gasteiger partial charge in [0.05, 0.1) is 0 Å². The molecule has 0 aromatic heterocycles. The van der Waals surface area contributed by atoms with Crippen LogP contribution < -0.4 is 0 Å². The van der Waals surface area contributed by atoms with E-state index in [-0.39, 0.29) is 0 Å². The van der Waals surface area contributed by atoms with E-state index >= 15 is 0 Å². The number of ether oxygens (including phenoxy) is 1. The van der Waals surface area contributed by atoms with Crippen LogP contribution in [0.2, 0.25) is 0 Å². The van der Waals surface area contributed by atoms with E-state index in [4.69, 9.17) is 4.74 Å². The Bertz CT molecular complexity index is 170. The van der Waals surface area contributed by atoms with E-state index in [1.807, 2.05) is 0 Å². The van der Waals surface area contributed by atoms with Crippen LogP contribution in [0.5, 0.6) is 0 Å². The van der Waals surface area contributed by atoms with E-state index < -0.39 is 0 Å². The van der Waals surface area contributed by atoms with Crippen LogP contribution in [0.25, 0.3) is 0 Å². The zero-order chi connectivity index (χ0) is 9.10. The van der Waals surface area contributed by atoms with Crippen LogP contribution in [-0.2, 0) is 4.74 Å². The SMILES string of the molecule is CCOCC1C2CC/C=C/CCC21. The van der Waals surface area contributed by atoms with Crippen molar-refractivity contribution in [2.75, 3.05) is 13.2 Å². The number of rotatable bonds is 3. The molecule has 2 rings (SSSR count). The monoisotopic (exact) mass is 180 g/mol. The van der Waals surface area contributed by atoms with Gasteiger partial charge in [-0.05, 0) is 50.4 Å². The normalized spacial score (nSPS) is 40.2. The Morgan fingerprint density at radius 3 is 2.31 bits per heavy atom. The largest absolute Gasteiger partial charge is 0.381 e. The average molecular weight is 180 g/mol. The highest BCUT2D eigenvalue weighted by Gasteiger charge is 2.48. The molecule has 0 aliphatic heterocycles. The standard InChI is InChI=1S/C12H20O/c1-2-13-9-12-10-7-5-3-4-6-8-11(10)12/h3-4,10-12H,2,5-9H2,1H3/b4-3+. The Morgan fingerprint density at radius 2 is 1.77 bits per heavy atom. The third-order valence-corrected chi connectivity index (χ3v) is 3.52. The fourth-order valence-electron chi connectivity index (χ4n) is 2.69. The fourth-order valence-corrected chi connectivity index (χ4v) is 2.69. The Balaban J connectivity index is 1.78. The van der Waals surface area contributed by atoms with Gasteiger partial charge in [0.2, 0.25) is 0 Å². The van der Waals surface area contributed by atoms with Crippen molar-refractivity contribution in [2.45, 2.75) is 32.6 Å². The molecule has 74 valence electrons. The van der Waals surface area contributed by atoms with E-state index in [9.17, 15) is 0 Å². The molecule has 1 fully saturated rings. The molecular weight excluding hydrogens is 160 g/mol. The van der Waals surface area contributed by atoms with Crippen LogP contribution in [-0.4, -0.2) is 13.2 Å². The Kier molecular flexibility index (Phi) is 3.05. The zero-order valence-corrected chi connectivity index (χ0v) is 8.54. The van der Waals surface area contributed by atoms with Crippen LogP contribution in [0.4, 0.5) is 0 Å². The van der Waals surface area contributed by atoms with Gasteiger partial charge >= 0.3 is 0 Å². The van der Waals surface area contributed by atoms with Crippen LogP contribution in [0.3, 0.4) is 0 Å². The molecule has 13 heavy (non-hydrogen) atoms. The van der Waals surface area contributed by atoms with Crippen LogP contribution >= 0.6 is 0 Å². The predicted octanol–water partition coefficient (Wildman–Crippen LogP) is 3.02. The topological polar surface area (TPSA) is 9.23 Å². The first-order valence-electron chi connectivity index (χ1n) is 5.66. The molecule has 1 nitrogen and oxygen atoms in total. The second-order valence-electron chi connectivity index (χ2n) is 4.28. The summed E-state index contributed by atoms with van der Waals surface area (Å²) in [5.74, 6) is 2.90. The van der Waals surface area contributed by atoms with Gasteiger partial charge in [0.25, 0.3) is 0 Å². The first-order valence-corrected chi connectivity index (χ1v) is 5.66. The first kappa shape index (κ1) is 9.26. The first-order chi connectivity index (χ1) is 6.43. The lowest BCUT2D eigenvalue weighted by molar-refractivity contribution is 0.130. The molecule has 0 saturated heterocycles. The van der Waals surface area contributed by atoms with Gasteiger partial charge in [-0.3, -0.25) is 0 Å². The van der Waals surface area contributed by atoms with E-state index in [1.165, 1.54) is 25.7 Å². The number of allylic oxidation sites excluding steroid dienone is 2. The van der Waals surface area contributed by atoms with Crippen molar-refractivity contribution < 1.29 is 4.74 Å². The lowest BCUT2D eigenvalue weighted by atomic mass is 10.1. The Hall–Kier alpha value is -0.300. The maximum Gasteiger partial charge on any atom is 0.0499 e. The third kappa shape index (κ3) is 2.14. The summed E-state index contributed by atoms with van der Waals surface area (Å²) in [5, 5.41) is 0. The molecule has 0 aromatic carbocycles. The molecule has 0 radical (unpaired) electrons. The molecule has 1 saturated carbocycles. The van der Waals surface area contributed by atoms with Crippen molar-refractivity contribution in [3.63, 3.8) is 0 Å². The zero-order valence-electron chi connectivity index (χ0n) is 8.54. The Morgan fingerprint density at radius 1 is 1.15 bits per heavy atom. The fraction of sp³-hybridized carbons (Fsp3) is 0.833. The van der Waals surface area contributed by atoms with Crippen LogP contribution in [0, 0.1) is 17.8 Å². The summed E-state index contributed by atoms with van der Waals surface area (Å²) in [6.45, 7) is 3.99. The molecule has 2 aliphatic rings. The predicted molar refractivity (Wildman–Crippen MR) is 54.6 cm³/mol. The van der Waals surface area contributed by atoms with Crippen molar-refractivity contribution in [1.82, 2.24) is 0 Å². The van der Waals surface area contributed by atoms with Gasteiger partial charge in [0, 0.05) is 13.2 Å². The molecule has 0 heterocycles. The summed E-state index contributed by atoms with van der Waals surface area (Å²) in [7, 11) is 0. The second kappa shape index (κ2) is 4.28. The van der Waals surface area contributed by atoms with E-state index in [0.29, 0.717) is 0 Å². The van der Waals surface area contributed by atoms with Crippen molar-refractivity contribution in [1.29, 1.82) is 0 Å². The van der Waals surface area contributed by atoms with E-state index in [2.05, 4.69) is 19.1 Å². The minimum atomic E-state index is 0.883. The molecule has 0 bridgehead atoms. The summed E-state index contributed by atoms with van der Waals surface area (Å²) >= 11 is 0. The van der Waals surface area contributed by atoms with Gasteiger partial charge in [0.15, 0.2) is 0 Å². The molecule has 0 spiro atoms. The van der Waals surface area contributed by atoms with Crippen molar-refractivity contribution >= 4 is 0 Å². The molecule has 2 atom stereocenters. The minimum Gasteiger partial charge on any atom is -0.381 e. The van der Waals surface area contributed by atoms with E-state index in [1.54, 1.807) is 0 Å². The smallest absolute Gasteiger partial charge is 0.0499 e. The van der Waals surface area contributed by atoms with Gasteiger partial charge in [-0.1, -0.05) is 12.2 Å². The Labute approximate surface area is 81.2 Å². The summed E-state index contributed by atoms with van der Waals surface area (Å²) < 4.78 is 5.51. The van der Waals surface area contributed by atoms with Gasteiger partial charge in [-0.15, -0.1) is 0 Å². The highest BCUT2D eigenvalue weighted by molar-refractivity contribution is 5.01. The molecule has 2 aliphatic carbocycles. The minimum absolute atomic E-state index is 0.883. The molecule has 0 N–H and O–H groups in total. The highest BCUT2D eigenvalue weighted by atomic mass is 16.5. The van der Waals surface area contributed by atoms with Gasteiger partial charge in [0.1, 0.15) is 0 Å². The van der Waals surface area contributed by atoms with Gasteiger partial charge in [-0.2, -0.15) is 0 Å². The summed E-state index contributed by atoms with van der Waals surface area (Å²) in [6, 6.07) is 0. The molecule has 0 amide bonds. The van der Waals surface area contributed by atoms with Crippen LogP contribution in [0.15, 0.2) is 12.2 Å². The maximum absolute atomic E-state index is 5.51. The number of fused-ring (bicyclic) bond motifs is 1. The lowest BCUT2D eigenvalue weighted by Gasteiger charge is -1.99. The van der Waals surface area contributed by atoms with Crippen molar-refractivity contribution in [3.05, 3.63) is 12.2 Å². The van der Waals surface area contributed by atoms with Gasteiger partial charge in [-0.25, -0.2) is 0 Å². The van der Waals surface area contributed by atoms with Crippen molar-refractivity contribution in [3.8, 4) is 0 Å². The van der Waals surface area contributed by atoms with Crippen LogP contribution in [0.1, 0.15) is 32.6 Å². The maximum atomic E-state index is 5.51. The highest BCUT2D eigenvalue weighted by Crippen LogP contribution is 2.52. The molecule has 2 unspecified atom stereocenters. The van der Waals surface area contributed by atoms with E-state index in [0.717, 1.165) is 31.0 Å². The molecular formula is C12H20O. The average Bonchev–Trinajstić information content (AvgIpc) is 2.72. The molecule has 1 heteroatoms. The number of hydrogen-bond donors (Lipinski definition) is 0. The van der Waals surface area contributed by atoms with Gasteiger partial charge < -0.3 is 4.74 Å². The molecule has 0 aromatic rings. The summed E-state index contributed by atoms with van der Waals surface area (Å²) in [5.41, 5.74) is 0. The van der Waals surface area contributed by atoms with Crippen molar-refractivity contribution in [2.24, 2.45) is 17.8 Å². The summed E-state index contributed by atoms with van der Waals surface area (Å²) in [6.07, 6.45) is 10.1. The second-order valence-corrected chi connectivity index (χ2v) is 4.28. The quantitative estimate of drug-likeness (QED) is 0.607. The third-order valence-electron chi connectivity index (χ3n) is 3.52. The lowest BCUT2D eigenvalue weighted by Crippen LogP contribution is -1.97.